The molecular weight excluding hydrogens is 442 g/mol. The van der Waals surface area contributed by atoms with Gasteiger partial charge in [-0.15, -0.1) is 5.10 Å². The van der Waals surface area contributed by atoms with Crippen LogP contribution in [0.2, 0.25) is 0 Å². The van der Waals surface area contributed by atoms with Crippen LogP contribution in [0.4, 0.5) is 17.3 Å². The number of nitrogens with one attached hydrogen (secondary N) is 2. The largest absolute Gasteiger partial charge is 0.439 e. The maximum absolute atomic E-state index is 11.6. The molecule has 0 unspecified atom stereocenters. The fourth-order valence-corrected chi connectivity index (χ4v) is 3.67. The summed E-state index contributed by atoms with van der Waals surface area (Å²) in [7, 11) is 0. The number of aromatic nitrogens is 5. The zero-order valence-electron chi connectivity index (χ0n) is 19.3. The van der Waals surface area contributed by atoms with E-state index >= 15 is 0 Å². The standard InChI is InChI=1S/C26H23N7O2/c1-4-24(34)27-20-7-5-8-22(16-20)35-25-10-6-9-23-29-26(31-33(23)25)28-19-11-13-21(14-12-19)32-18(3)15-17(2)30-32/h4-16H,1H2,2-3H3,(H,27,34)(H,28,31). The molecular formula is C26H23N7O2. The van der Waals surface area contributed by atoms with Gasteiger partial charge in [0.25, 0.3) is 0 Å². The Morgan fingerprint density at radius 2 is 1.77 bits per heavy atom. The SMILES string of the molecule is C=CC(=O)Nc1cccc(Oc2cccc3nc(Nc4ccc(-n5nc(C)cc5C)cc4)nn23)c1. The minimum atomic E-state index is -0.292. The van der Waals surface area contributed by atoms with E-state index in [1.54, 1.807) is 34.8 Å². The van der Waals surface area contributed by atoms with Crippen molar-refractivity contribution in [2.75, 3.05) is 10.6 Å². The highest BCUT2D eigenvalue weighted by atomic mass is 16.5. The van der Waals surface area contributed by atoms with Crippen LogP contribution in [0.15, 0.2) is 85.5 Å². The Labute approximate surface area is 201 Å². The average molecular weight is 466 g/mol. The fraction of sp³-hybridized carbons (Fsp3) is 0.0769. The van der Waals surface area contributed by atoms with Gasteiger partial charge in [0, 0.05) is 29.2 Å². The van der Waals surface area contributed by atoms with Crippen LogP contribution in [0.25, 0.3) is 11.3 Å². The smallest absolute Gasteiger partial charge is 0.247 e. The lowest BCUT2D eigenvalue weighted by atomic mass is 10.3. The first-order valence-corrected chi connectivity index (χ1v) is 11.0. The van der Waals surface area contributed by atoms with Crippen molar-refractivity contribution in [3.05, 3.63) is 96.8 Å². The molecule has 5 rings (SSSR count). The number of hydrogen-bond donors (Lipinski definition) is 2. The van der Waals surface area contributed by atoms with Crippen LogP contribution in [0.1, 0.15) is 11.4 Å². The van der Waals surface area contributed by atoms with E-state index in [-0.39, 0.29) is 5.91 Å². The summed E-state index contributed by atoms with van der Waals surface area (Å²) in [4.78, 5) is 16.1. The molecule has 3 aromatic heterocycles. The van der Waals surface area contributed by atoms with Gasteiger partial charge < -0.3 is 15.4 Å². The Kier molecular flexibility index (Phi) is 5.72. The summed E-state index contributed by atoms with van der Waals surface area (Å²) in [6, 6.07) is 22.5. The number of amides is 1. The third-order valence-corrected chi connectivity index (χ3v) is 5.21. The molecule has 0 spiro atoms. The van der Waals surface area contributed by atoms with Crippen LogP contribution in [-0.4, -0.2) is 30.3 Å². The minimum absolute atomic E-state index is 0.292. The van der Waals surface area contributed by atoms with Crippen molar-refractivity contribution in [2.45, 2.75) is 13.8 Å². The minimum Gasteiger partial charge on any atom is -0.439 e. The Balaban J connectivity index is 1.35. The van der Waals surface area contributed by atoms with Gasteiger partial charge in [0.2, 0.25) is 17.7 Å². The number of benzene rings is 2. The number of hydrogen-bond acceptors (Lipinski definition) is 6. The first kappa shape index (κ1) is 21.9. The van der Waals surface area contributed by atoms with E-state index in [1.165, 1.54) is 6.08 Å². The summed E-state index contributed by atoms with van der Waals surface area (Å²) in [5.41, 5.74) is 5.10. The molecule has 1 amide bonds. The quantitative estimate of drug-likeness (QED) is 0.321. The number of rotatable bonds is 7. The topological polar surface area (TPSA) is 98.4 Å². The second-order valence-corrected chi connectivity index (χ2v) is 7.90. The van der Waals surface area contributed by atoms with Gasteiger partial charge in [-0.1, -0.05) is 18.7 Å². The Hall–Kier alpha value is -4.92. The molecule has 3 heterocycles. The van der Waals surface area contributed by atoms with E-state index < -0.39 is 0 Å². The predicted octanol–water partition coefficient (Wildman–Crippen LogP) is 5.19. The van der Waals surface area contributed by atoms with Crippen molar-refractivity contribution in [3.63, 3.8) is 0 Å². The summed E-state index contributed by atoms with van der Waals surface area (Å²) in [5.74, 6) is 1.17. The number of pyridine rings is 1. The van der Waals surface area contributed by atoms with Crippen molar-refractivity contribution in [1.82, 2.24) is 24.4 Å². The van der Waals surface area contributed by atoms with Gasteiger partial charge >= 0.3 is 0 Å². The van der Waals surface area contributed by atoms with Crippen LogP contribution < -0.4 is 15.4 Å². The number of carbonyl (C=O) groups is 1. The van der Waals surface area contributed by atoms with Gasteiger partial charge in [0.1, 0.15) is 5.75 Å². The van der Waals surface area contributed by atoms with Gasteiger partial charge in [-0.3, -0.25) is 4.79 Å². The number of ether oxygens (including phenoxy) is 1. The van der Waals surface area contributed by atoms with Crippen molar-refractivity contribution in [2.24, 2.45) is 0 Å². The predicted molar refractivity (Wildman–Crippen MR) is 135 cm³/mol. The Morgan fingerprint density at radius 1 is 0.971 bits per heavy atom. The monoisotopic (exact) mass is 465 g/mol. The van der Waals surface area contributed by atoms with Crippen LogP contribution in [-0.2, 0) is 4.79 Å². The molecule has 0 aliphatic carbocycles. The fourth-order valence-electron chi connectivity index (χ4n) is 3.67. The summed E-state index contributed by atoms with van der Waals surface area (Å²) >= 11 is 0. The number of anilines is 3. The lowest BCUT2D eigenvalue weighted by Crippen LogP contribution is -2.07. The summed E-state index contributed by atoms with van der Waals surface area (Å²) in [5, 5.41) is 15.0. The average Bonchev–Trinajstić information content (AvgIpc) is 3.42. The molecule has 0 saturated carbocycles. The second-order valence-electron chi connectivity index (χ2n) is 7.90. The molecule has 174 valence electrons. The first-order chi connectivity index (χ1) is 17.0. The van der Waals surface area contributed by atoms with E-state index in [4.69, 9.17) is 4.74 Å². The maximum atomic E-state index is 11.6. The Bertz CT molecular complexity index is 1530. The highest BCUT2D eigenvalue weighted by Gasteiger charge is 2.10. The lowest BCUT2D eigenvalue weighted by molar-refractivity contribution is -0.111. The highest BCUT2D eigenvalue weighted by molar-refractivity contribution is 5.98. The molecule has 9 heteroatoms. The first-order valence-electron chi connectivity index (χ1n) is 11.0. The lowest BCUT2D eigenvalue weighted by Gasteiger charge is -2.09. The zero-order valence-corrected chi connectivity index (χ0v) is 19.3. The van der Waals surface area contributed by atoms with Gasteiger partial charge in [0.05, 0.1) is 11.4 Å². The summed E-state index contributed by atoms with van der Waals surface area (Å²) in [6.07, 6.45) is 1.21. The van der Waals surface area contributed by atoms with Gasteiger partial charge in [0.15, 0.2) is 5.65 Å². The third kappa shape index (κ3) is 4.74. The molecule has 35 heavy (non-hydrogen) atoms. The van der Waals surface area contributed by atoms with Crippen molar-refractivity contribution in [3.8, 4) is 17.3 Å². The number of fused-ring (bicyclic) bond motifs is 1. The van der Waals surface area contributed by atoms with E-state index in [9.17, 15) is 4.79 Å². The molecule has 0 aliphatic rings. The van der Waals surface area contributed by atoms with E-state index in [0.717, 1.165) is 22.8 Å². The normalized spacial score (nSPS) is 10.8. The summed E-state index contributed by atoms with van der Waals surface area (Å²) in [6.45, 7) is 7.47. The van der Waals surface area contributed by atoms with E-state index in [1.807, 2.05) is 61.0 Å². The molecule has 2 aromatic carbocycles. The van der Waals surface area contributed by atoms with Crippen LogP contribution in [0, 0.1) is 13.8 Å². The van der Waals surface area contributed by atoms with Gasteiger partial charge in [-0.25, -0.2) is 4.68 Å². The van der Waals surface area contributed by atoms with Crippen molar-refractivity contribution < 1.29 is 9.53 Å². The Morgan fingerprint density at radius 3 is 2.51 bits per heavy atom. The third-order valence-electron chi connectivity index (χ3n) is 5.21. The van der Waals surface area contributed by atoms with Gasteiger partial charge in [-0.2, -0.15) is 14.6 Å². The molecule has 0 fully saturated rings. The summed E-state index contributed by atoms with van der Waals surface area (Å²) < 4.78 is 9.55. The molecule has 9 nitrogen and oxygen atoms in total. The number of nitrogens with zero attached hydrogens (tertiary/aromatic N) is 5. The van der Waals surface area contributed by atoms with Gasteiger partial charge in [-0.05, 0) is 68.5 Å². The van der Waals surface area contributed by atoms with Crippen LogP contribution in [0.3, 0.4) is 0 Å². The molecule has 0 saturated heterocycles. The van der Waals surface area contributed by atoms with E-state index in [0.29, 0.717) is 28.9 Å². The molecule has 0 aliphatic heterocycles. The second kappa shape index (κ2) is 9.14. The number of carbonyl (C=O) groups excluding carboxylic acids is 1. The zero-order chi connectivity index (χ0) is 24.4. The number of aryl methyl sites for hydroxylation is 2. The van der Waals surface area contributed by atoms with Crippen molar-refractivity contribution in [1.29, 1.82) is 0 Å². The molecule has 5 aromatic rings. The molecule has 0 radical (unpaired) electrons. The van der Waals surface area contributed by atoms with Crippen molar-refractivity contribution >= 4 is 28.9 Å². The molecule has 0 bridgehead atoms. The molecule has 0 atom stereocenters. The van der Waals surface area contributed by atoms with E-state index in [2.05, 4.69) is 32.4 Å². The van der Waals surface area contributed by atoms with Crippen LogP contribution >= 0.6 is 0 Å². The maximum Gasteiger partial charge on any atom is 0.247 e. The highest BCUT2D eigenvalue weighted by Crippen LogP contribution is 2.26. The molecule has 2 N–H and O–H groups in total. The van der Waals surface area contributed by atoms with Crippen LogP contribution in [0.5, 0.6) is 11.6 Å².